The van der Waals surface area contributed by atoms with Gasteiger partial charge in [-0.2, -0.15) is 0 Å². The number of carbonyl (C=O) groups is 3. The van der Waals surface area contributed by atoms with Crippen LogP contribution in [-0.4, -0.2) is 43.5 Å². The topological polar surface area (TPSA) is 78.5 Å². The van der Waals surface area contributed by atoms with Crippen LogP contribution in [-0.2, 0) is 9.59 Å². The molecule has 1 saturated carbocycles. The van der Waals surface area contributed by atoms with Crippen LogP contribution in [0.15, 0.2) is 35.9 Å². The quantitative estimate of drug-likeness (QED) is 0.497. The average Bonchev–Trinajstić information content (AvgIpc) is 3.46. The van der Waals surface area contributed by atoms with Gasteiger partial charge in [0.1, 0.15) is 0 Å². The highest BCUT2D eigenvalue weighted by molar-refractivity contribution is 6.56. The van der Waals surface area contributed by atoms with Crippen molar-refractivity contribution in [2.24, 2.45) is 5.92 Å². The number of rotatable bonds is 3. The van der Waals surface area contributed by atoms with Gasteiger partial charge >= 0.3 is 0 Å². The van der Waals surface area contributed by atoms with Crippen LogP contribution in [0.2, 0.25) is 0 Å². The predicted octanol–water partition coefficient (Wildman–Crippen LogP) is 1.38. The van der Waals surface area contributed by atoms with Gasteiger partial charge in [0.15, 0.2) is 5.81 Å². The molecule has 128 valence electrons. The summed E-state index contributed by atoms with van der Waals surface area (Å²) in [6.45, 7) is 0.978. The molecule has 2 aliphatic rings. The van der Waals surface area contributed by atoms with E-state index in [9.17, 15) is 14.4 Å². The van der Waals surface area contributed by atoms with Crippen LogP contribution in [0.4, 0.5) is 4.79 Å². The van der Waals surface area contributed by atoms with Gasteiger partial charge < -0.3 is 4.90 Å². The summed E-state index contributed by atoms with van der Waals surface area (Å²) in [6, 6.07) is 9.35. The van der Waals surface area contributed by atoms with Gasteiger partial charge in [-0.1, -0.05) is 35.9 Å². The Morgan fingerprint density at radius 2 is 1.64 bits per heavy atom. The summed E-state index contributed by atoms with van der Waals surface area (Å²) in [5, 5.41) is 0. The third kappa shape index (κ3) is 4.29. The second kappa shape index (κ2) is 7.55. The van der Waals surface area contributed by atoms with Gasteiger partial charge in [-0.15, -0.1) is 0 Å². The fourth-order valence-corrected chi connectivity index (χ4v) is 2.98. The number of nitrogens with one attached hydrogen (secondary N) is 2. The van der Waals surface area contributed by atoms with Crippen LogP contribution in [0.25, 0.3) is 5.57 Å². The molecule has 1 saturated heterocycles. The van der Waals surface area contributed by atoms with E-state index in [1.807, 2.05) is 30.3 Å². The number of carbonyl (C=O) groups excluding carboxylic acids is 3. The third-order valence-corrected chi connectivity index (χ3v) is 4.57. The largest absolute Gasteiger partial charge is 0.352 e. The van der Waals surface area contributed by atoms with Crippen LogP contribution in [0, 0.1) is 5.92 Å². The highest BCUT2D eigenvalue weighted by Gasteiger charge is 2.30. The minimum Gasteiger partial charge on any atom is -0.352 e. The van der Waals surface area contributed by atoms with Crippen molar-refractivity contribution in [2.45, 2.75) is 25.7 Å². The molecule has 1 aromatic rings. The minimum atomic E-state index is -0.443. The Hall–Kier alpha value is -2.57. The van der Waals surface area contributed by atoms with Crippen molar-refractivity contribution < 1.29 is 14.4 Å². The molecule has 6 nitrogen and oxygen atoms in total. The molecule has 0 aromatic heterocycles. The molecular formula is C18H20BN3O3. The maximum Gasteiger partial charge on any atom is 0.270 e. The smallest absolute Gasteiger partial charge is 0.270 e. The maximum absolute atomic E-state index is 12.7. The normalized spacial score (nSPS) is 17.0. The number of hydrazine groups is 1. The molecule has 3 amide bonds. The Bertz CT molecular complexity index is 704. The van der Waals surface area contributed by atoms with Crippen molar-refractivity contribution in [3.05, 3.63) is 41.5 Å². The summed E-state index contributed by atoms with van der Waals surface area (Å²) in [5.41, 5.74) is 7.35. The van der Waals surface area contributed by atoms with Crippen molar-refractivity contribution >= 4 is 31.0 Å². The van der Waals surface area contributed by atoms with Gasteiger partial charge in [0.25, 0.3) is 5.91 Å². The van der Waals surface area contributed by atoms with E-state index < -0.39 is 5.81 Å². The van der Waals surface area contributed by atoms with E-state index in [0.717, 1.165) is 24.0 Å². The standard InChI is InChI=1S/C18H20BN3O3/c19-18(25)22-10-8-13(9-11-22)15(12-4-2-1-3-5-12)17(24)21-20-16(23)14-6-7-14/h1-5,14H,6-11H2,(H,20,23)(H,21,24). The SMILES string of the molecule is [B]C(=O)N1CCC(=C(C(=O)NNC(=O)C2CC2)c2ccccc2)CC1. The van der Waals surface area contributed by atoms with E-state index in [-0.39, 0.29) is 17.7 Å². The van der Waals surface area contributed by atoms with E-state index >= 15 is 0 Å². The molecule has 0 spiro atoms. The first-order valence-electron chi connectivity index (χ1n) is 8.48. The lowest BCUT2D eigenvalue weighted by Gasteiger charge is -2.29. The lowest BCUT2D eigenvalue weighted by molar-refractivity contribution is -0.127. The molecule has 25 heavy (non-hydrogen) atoms. The summed E-state index contributed by atoms with van der Waals surface area (Å²) in [6.07, 6.45) is 2.91. The first-order valence-corrected chi connectivity index (χ1v) is 8.48. The average molecular weight is 337 g/mol. The van der Waals surface area contributed by atoms with Crippen molar-refractivity contribution in [3.63, 3.8) is 0 Å². The Kier molecular flexibility index (Phi) is 5.21. The van der Waals surface area contributed by atoms with Crippen molar-refractivity contribution in [3.8, 4) is 0 Å². The van der Waals surface area contributed by atoms with Gasteiger partial charge in [-0.3, -0.25) is 25.2 Å². The van der Waals surface area contributed by atoms with Crippen molar-refractivity contribution in [1.29, 1.82) is 0 Å². The zero-order chi connectivity index (χ0) is 17.8. The molecular weight excluding hydrogens is 317 g/mol. The molecule has 0 unspecified atom stereocenters. The number of nitrogens with zero attached hydrogens (tertiary/aromatic N) is 1. The van der Waals surface area contributed by atoms with E-state index in [1.54, 1.807) is 4.90 Å². The van der Waals surface area contributed by atoms with E-state index in [1.165, 1.54) is 0 Å². The fourth-order valence-electron chi connectivity index (χ4n) is 2.98. The first-order chi connectivity index (χ1) is 12.1. The van der Waals surface area contributed by atoms with Crippen molar-refractivity contribution in [1.82, 2.24) is 15.8 Å². The number of hydrogen-bond acceptors (Lipinski definition) is 3. The number of hydrogen-bond donors (Lipinski definition) is 2. The van der Waals surface area contributed by atoms with E-state index in [4.69, 9.17) is 7.85 Å². The molecule has 3 rings (SSSR count). The molecule has 1 aliphatic heterocycles. The minimum absolute atomic E-state index is 0.0203. The summed E-state index contributed by atoms with van der Waals surface area (Å²) in [5.74, 6) is -0.898. The van der Waals surface area contributed by atoms with Gasteiger partial charge in [-0.05, 0) is 31.2 Å². The van der Waals surface area contributed by atoms with Gasteiger partial charge in [0, 0.05) is 24.6 Å². The van der Waals surface area contributed by atoms with Crippen LogP contribution >= 0.6 is 0 Å². The van der Waals surface area contributed by atoms with Gasteiger partial charge in [-0.25, -0.2) is 0 Å². The molecule has 1 heterocycles. The third-order valence-electron chi connectivity index (χ3n) is 4.57. The van der Waals surface area contributed by atoms with Gasteiger partial charge in [0.2, 0.25) is 13.8 Å². The molecule has 2 N–H and O–H groups in total. The zero-order valence-corrected chi connectivity index (χ0v) is 14.0. The van der Waals surface area contributed by atoms with E-state index in [0.29, 0.717) is 31.5 Å². The summed E-state index contributed by atoms with van der Waals surface area (Å²) >= 11 is 0. The number of amides is 3. The zero-order valence-electron chi connectivity index (χ0n) is 14.0. The second-order valence-electron chi connectivity index (χ2n) is 6.39. The molecule has 1 aromatic carbocycles. The highest BCUT2D eigenvalue weighted by atomic mass is 16.2. The number of benzene rings is 1. The Morgan fingerprint density at radius 3 is 2.20 bits per heavy atom. The first kappa shape index (κ1) is 17.3. The monoisotopic (exact) mass is 337 g/mol. The lowest BCUT2D eigenvalue weighted by atomic mass is 9.91. The Morgan fingerprint density at radius 1 is 1.00 bits per heavy atom. The van der Waals surface area contributed by atoms with Gasteiger partial charge in [0.05, 0.1) is 0 Å². The lowest BCUT2D eigenvalue weighted by Crippen LogP contribution is -2.43. The Balaban J connectivity index is 1.78. The summed E-state index contributed by atoms with van der Waals surface area (Å²) < 4.78 is 0. The number of piperidine rings is 1. The number of likely N-dealkylation sites (tertiary alicyclic amines) is 1. The predicted molar refractivity (Wildman–Crippen MR) is 94.3 cm³/mol. The summed E-state index contributed by atoms with van der Waals surface area (Å²) in [7, 11) is 5.32. The van der Waals surface area contributed by atoms with Crippen LogP contribution in [0.5, 0.6) is 0 Å². The second-order valence-corrected chi connectivity index (χ2v) is 6.39. The Labute approximate surface area is 148 Å². The van der Waals surface area contributed by atoms with Crippen LogP contribution in [0.3, 0.4) is 0 Å². The van der Waals surface area contributed by atoms with Crippen LogP contribution in [0.1, 0.15) is 31.2 Å². The molecule has 2 fully saturated rings. The fraction of sp³-hybridized carbons (Fsp3) is 0.389. The molecule has 2 radical (unpaired) electrons. The maximum atomic E-state index is 12.7. The molecule has 7 heteroatoms. The van der Waals surface area contributed by atoms with E-state index in [2.05, 4.69) is 10.9 Å². The molecule has 0 bridgehead atoms. The summed E-state index contributed by atoms with van der Waals surface area (Å²) in [4.78, 5) is 37.3. The molecule has 0 atom stereocenters. The highest BCUT2D eigenvalue weighted by Crippen LogP contribution is 2.29. The van der Waals surface area contributed by atoms with Crippen LogP contribution < -0.4 is 10.9 Å². The van der Waals surface area contributed by atoms with Crippen molar-refractivity contribution in [2.75, 3.05) is 13.1 Å². The molecule has 1 aliphatic carbocycles.